The van der Waals surface area contributed by atoms with Gasteiger partial charge in [-0.05, 0) is 25.0 Å². The van der Waals surface area contributed by atoms with E-state index in [1.54, 1.807) is 18.2 Å². The average Bonchev–Trinajstić information content (AvgIpc) is 3.03. The molecule has 3 N–H and O–H groups in total. The molecular weight excluding hydrogens is 401 g/mol. The molecule has 1 amide bonds. The molecule has 144 valence electrons. The normalized spacial score (nSPS) is 13.0. The molecule has 6 nitrogen and oxygen atoms in total. The number of amides is 1. The van der Waals surface area contributed by atoms with E-state index in [-0.39, 0.29) is 36.5 Å². The number of carbonyl (C=O) groups excluding carboxylic acids is 1. The fourth-order valence-corrected chi connectivity index (χ4v) is 2.51. The number of rotatable bonds is 7. The molecule has 26 heavy (non-hydrogen) atoms. The lowest BCUT2D eigenvalue weighted by molar-refractivity contribution is 0.0873. The Balaban J connectivity index is 0.00000338. The number of aromatic nitrogens is 1. The largest absolute Gasteiger partial charge is 0.482 e. The van der Waals surface area contributed by atoms with Crippen molar-refractivity contribution in [1.29, 1.82) is 0 Å². The van der Waals surface area contributed by atoms with Crippen LogP contribution in [0.15, 0.2) is 28.8 Å². The molecule has 1 aromatic carbocycles. The standard InChI is InChI=1S/C17H21Cl2N3O3.ClH/c1-10(2)17(3,9-20)21-16(23)14-7-11(25-22-14)8-24-15-12(18)5-4-6-13(15)19;/h4-7,10H,8-9,20H2,1-3H3,(H,21,23);1H. The van der Waals surface area contributed by atoms with Crippen LogP contribution in [0.1, 0.15) is 37.0 Å². The molecule has 1 atom stereocenters. The summed E-state index contributed by atoms with van der Waals surface area (Å²) in [6.45, 7) is 6.22. The van der Waals surface area contributed by atoms with Gasteiger partial charge in [0.1, 0.15) is 6.61 Å². The van der Waals surface area contributed by atoms with Gasteiger partial charge in [0.2, 0.25) is 0 Å². The van der Waals surface area contributed by atoms with E-state index >= 15 is 0 Å². The Labute approximate surface area is 168 Å². The summed E-state index contributed by atoms with van der Waals surface area (Å²) in [7, 11) is 0. The fraction of sp³-hybridized carbons (Fsp3) is 0.412. The molecule has 0 aliphatic rings. The number of nitrogens with one attached hydrogen (secondary N) is 1. The number of para-hydroxylation sites is 1. The van der Waals surface area contributed by atoms with Crippen LogP contribution in [0, 0.1) is 5.92 Å². The number of halogens is 3. The average molecular weight is 423 g/mol. The maximum Gasteiger partial charge on any atom is 0.273 e. The van der Waals surface area contributed by atoms with E-state index in [1.165, 1.54) is 6.07 Å². The predicted octanol–water partition coefficient (Wildman–Crippen LogP) is 4.09. The SMILES string of the molecule is CC(C)C(C)(CN)NC(=O)c1cc(COc2c(Cl)cccc2Cl)on1.Cl. The van der Waals surface area contributed by atoms with E-state index in [0.717, 1.165) is 0 Å². The van der Waals surface area contributed by atoms with Gasteiger partial charge in [0.25, 0.3) is 5.91 Å². The Kier molecular flexibility index (Phi) is 8.21. The van der Waals surface area contributed by atoms with Gasteiger partial charge in [-0.3, -0.25) is 4.79 Å². The zero-order valence-electron chi connectivity index (χ0n) is 14.7. The van der Waals surface area contributed by atoms with Crippen LogP contribution >= 0.6 is 35.6 Å². The Morgan fingerprint density at radius 3 is 2.54 bits per heavy atom. The van der Waals surface area contributed by atoms with Gasteiger partial charge in [0.05, 0.1) is 15.6 Å². The molecule has 0 bridgehead atoms. The van der Waals surface area contributed by atoms with Crippen LogP contribution in [-0.2, 0) is 6.61 Å². The molecule has 1 aromatic heterocycles. The second-order valence-corrected chi connectivity index (χ2v) is 7.06. The van der Waals surface area contributed by atoms with Crippen molar-refractivity contribution in [3.05, 3.63) is 45.8 Å². The zero-order chi connectivity index (χ0) is 18.6. The molecule has 1 unspecified atom stereocenters. The molecular formula is C17H22Cl3N3O3. The minimum atomic E-state index is -0.530. The number of hydrogen-bond acceptors (Lipinski definition) is 5. The molecule has 0 spiro atoms. The zero-order valence-corrected chi connectivity index (χ0v) is 17.0. The topological polar surface area (TPSA) is 90.4 Å². The van der Waals surface area contributed by atoms with Gasteiger partial charge >= 0.3 is 0 Å². The third-order valence-electron chi connectivity index (χ3n) is 4.17. The van der Waals surface area contributed by atoms with E-state index in [2.05, 4.69) is 10.5 Å². The van der Waals surface area contributed by atoms with Gasteiger partial charge in [-0.15, -0.1) is 12.4 Å². The predicted molar refractivity (Wildman–Crippen MR) is 104 cm³/mol. The van der Waals surface area contributed by atoms with Crippen molar-refractivity contribution in [3.8, 4) is 5.75 Å². The van der Waals surface area contributed by atoms with Gasteiger partial charge in [-0.2, -0.15) is 0 Å². The summed E-state index contributed by atoms with van der Waals surface area (Å²) in [5.41, 5.74) is 5.40. The van der Waals surface area contributed by atoms with Gasteiger partial charge in [-0.25, -0.2) is 0 Å². The van der Waals surface area contributed by atoms with E-state index in [9.17, 15) is 4.79 Å². The lowest BCUT2D eigenvalue weighted by Crippen LogP contribution is -2.55. The van der Waals surface area contributed by atoms with Crippen molar-refractivity contribution in [2.45, 2.75) is 32.9 Å². The molecule has 0 radical (unpaired) electrons. The molecule has 0 saturated heterocycles. The van der Waals surface area contributed by atoms with Gasteiger partial charge in [0, 0.05) is 12.6 Å². The second kappa shape index (κ2) is 9.46. The fourth-order valence-electron chi connectivity index (χ4n) is 2.01. The molecule has 0 aliphatic carbocycles. The van der Waals surface area contributed by atoms with Crippen molar-refractivity contribution in [1.82, 2.24) is 10.5 Å². The Hall–Kier alpha value is -1.47. The van der Waals surface area contributed by atoms with Crippen LogP contribution in [0.3, 0.4) is 0 Å². The van der Waals surface area contributed by atoms with Crippen molar-refractivity contribution in [2.24, 2.45) is 11.7 Å². The Bertz CT molecular complexity index is 732. The van der Waals surface area contributed by atoms with Crippen LogP contribution in [0.4, 0.5) is 0 Å². The third kappa shape index (κ3) is 5.27. The summed E-state index contributed by atoms with van der Waals surface area (Å²) in [4.78, 5) is 12.3. The number of benzene rings is 1. The minimum absolute atomic E-state index is 0. The molecule has 9 heteroatoms. The molecule has 0 fully saturated rings. The maximum atomic E-state index is 12.3. The lowest BCUT2D eigenvalue weighted by atomic mass is 9.88. The van der Waals surface area contributed by atoms with Crippen LogP contribution in [0.25, 0.3) is 0 Å². The first-order chi connectivity index (χ1) is 11.8. The highest BCUT2D eigenvalue weighted by Gasteiger charge is 2.30. The van der Waals surface area contributed by atoms with Crippen LogP contribution in [-0.4, -0.2) is 23.1 Å². The molecule has 1 heterocycles. The number of ether oxygens (including phenoxy) is 1. The van der Waals surface area contributed by atoms with Crippen LogP contribution in [0.5, 0.6) is 5.75 Å². The molecule has 0 saturated carbocycles. The van der Waals surface area contributed by atoms with Crippen molar-refractivity contribution in [3.63, 3.8) is 0 Å². The number of nitrogens with zero attached hydrogens (tertiary/aromatic N) is 1. The summed E-state index contributed by atoms with van der Waals surface area (Å²) in [5.74, 6) is 0.537. The van der Waals surface area contributed by atoms with E-state index in [1.807, 2.05) is 20.8 Å². The first-order valence-corrected chi connectivity index (χ1v) is 8.57. The highest BCUT2D eigenvalue weighted by Crippen LogP contribution is 2.32. The Morgan fingerprint density at radius 1 is 1.38 bits per heavy atom. The van der Waals surface area contributed by atoms with Gasteiger partial charge < -0.3 is 20.3 Å². The van der Waals surface area contributed by atoms with Crippen molar-refractivity contribution >= 4 is 41.5 Å². The van der Waals surface area contributed by atoms with E-state index in [4.69, 9.17) is 38.2 Å². The second-order valence-electron chi connectivity index (χ2n) is 6.25. The molecule has 2 aromatic rings. The number of carbonyl (C=O) groups is 1. The smallest absolute Gasteiger partial charge is 0.273 e. The monoisotopic (exact) mass is 421 g/mol. The summed E-state index contributed by atoms with van der Waals surface area (Å²) in [6.07, 6.45) is 0. The summed E-state index contributed by atoms with van der Waals surface area (Å²) >= 11 is 12.1. The number of hydrogen-bond donors (Lipinski definition) is 2. The third-order valence-corrected chi connectivity index (χ3v) is 4.76. The summed E-state index contributed by atoms with van der Waals surface area (Å²) in [6, 6.07) is 6.57. The highest BCUT2D eigenvalue weighted by atomic mass is 35.5. The Morgan fingerprint density at radius 2 is 2.00 bits per heavy atom. The van der Waals surface area contributed by atoms with E-state index < -0.39 is 5.54 Å². The first-order valence-electron chi connectivity index (χ1n) is 7.82. The van der Waals surface area contributed by atoms with Crippen LogP contribution < -0.4 is 15.8 Å². The van der Waals surface area contributed by atoms with Crippen LogP contribution in [0.2, 0.25) is 10.0 Å². The minimum Gasteiger partial charge on any atom is -0.482 e. The van der Waals surface area contributed by atoms with Gasteiger partial charge in [-0.1, -0.05) is 48.3 Å². The maximum absolute atomic E-state index is 12.3. The van der Waals surface area contributed by atoms with Crippen molar-refractivity contribution < 1.29 is 14.1 Å². The summed E-state index contributed by atoms with van der Waals surface area (Å²) in [5, 5.41) is 7.45. The molecule has 2 rings (SSSR count). The van der Waals surface area contributed by atoms with E-state index in [0.29, 0.717) is 28.1 Å². The first kappa shape index (κ1) is 22.6. The number of nitrogens with two attached hydrogens (primary N) is 1. The lowest BCUT2D eigenvalue weighted by Gasteiger charge is -2.33. The highest BCUT2D eigenvalue weighted by molar-refractivity contribution is 6.37. The summed E-state index contributed by atoms with van der Waals surface area (Å²) < 4.78 is 10.7. The van der Waals surface area contributed by atoms with Crippen molar-refractivity contribution in [2.75, 3.05) is 6.54 Å². The molecule has 0 aliphatic heterocycles. The quantitative estimate of drug-likeness (QED) is 0.701. The van der Waals surface area contributed by atoms with Gasteiger partial charge in [0.15, 0.2) is 17.2 Å².